The third-order valence-corrected chi connectivity index (χ3v) is 7.74. The summed E-state index contributed by atoms with van der Waals surface area (Å²) in [6, 6.07) is 1.82. The zero-order valence-electron chi connectivity index (χ0n) is 22.9. The number of nitrogens with zero attached hydrogens (tertiary/aromatic N) is 2. The molecule has 2 aliphatic rings. The number of carbonyl (C=O) groups is 5. The van der Waals surface area contributed by atoms with Crippen LogP contribution in [-0.4, -0.2) is 92.1 Å². The van der Waals surface area contributed by atoms with Crippen LogP contribution in [0, 0.1) is 11.6 Å². The fourth-order valence-corrected chi connectivity index (χ4v) is 5.50. The molecule has 2 aromatic rings. The molecule has 44 heavy (non-hydrogen) atoms. The Morgan fingerprint density at radius 3 is 2.50 bits per heavy atom. The van der Waals surface area contributed by atoms with E-state index in [4.69, 9.17) is 4.65 Å². The molecule has 6 N–H and O–H groups in total. The summed E-state index contributed by atoms with van der Waals surface area (Å²) in [5, 5.41) is 24.3. The van der Waals surface area contributed by atoms with Crippen molar-refractivity contribution < 1.29 is 61.9 Å². The van der Waals surface area contributed by atoms with Crippen molar-refractivity contribution in [3.63, 3.8) is 0 Å². The summed E-state index contributed by atoms with van der Waals surface area (Å²) in [6.07, 6.45) is -1.26. The van der Waals surface area contributed by atoms with Crippen LogP contribution in [0.15, 0.2) is 30.3 Å². The number of benzene rings is 2. The molecule has 15 nitrogen and oxygen atoms in total. The summed E-state index contributed by atoms with van der Waals surface area (Å²) in [5.74, 6) is -9.65. The van der Waals surface area contributed by atoms with E-state index in [1.54, 1.807) is 6.92 Å². The summed E-state index contributed by atoms with van der Waals surface area (Å²) >= 11 is 0. The number of amides is 5. The monoisotopic (exact) mass is 638 g/mol. The van der Waals surface area contributed by atoms with Crippen molar-refractivity contribution in [1.29, 1.82) is 0 Å². The molecule has 2 aliphatic heterocycles. The smallest absolute Gasteiger partial charge is 0.534 e. The van der Waals surface area contributed by atoms with E-state index in [1.165, 1.54) is 18.2 Å². The van der Waals surface area contributed by atoms with Crippen LogP contribution in [0.4, 0.5) is 13.6 Å². The van der Waals surface area contributed by atoms with Crippen LogP contribution in [0.2, 0.25) is 0 Å². The average molecular weight is 638 g/mol. The van der Waals surface area contributed by atoms with Crippen LogP contribution >= 0.6 is 7.60 Å². The number of fused-ring (bicyclic) bond motifs is 1. The first kappa shape index (κ1) is 32.5. The van der Waals surface area contributed by atoms with Gasteiger partial charge in [0.25, 0.3) is 0 Å². The quantitative estimate of drug-likeness (QED) is 0.128. The Labute approximate surface area is 248 Å². The van der Waals surface area contributed by atoms with Gasteiger partial charge in [-0.1, -0.05) is 12.1 Å². The molecule has 0 saturated carbocycles. The SMILES string of the molecule is CCN1CCN(C(=O)N[C@@H](C(=O)N[C@H]2Cc3cccc(C(=O)O)c3OB2O)c2cc(CP(=O)(O)O)cc(F)c2F)C(=O)C1=O. The molecule has 2 atom stereocenters. The van der Waals surface area contributed by atoms with E-state index in [1.807, 2.05) is 0 Å². The van der Waals surface area contributed by atoms with Gasteiger partial charge in [-0.3, -0.25) is 23.8 Å². The van der Waals surface area contributed by atoms with Gasteiger partial charge in [0.1, 0.15) is 11.8 Å². The second-order valence-corrected chi connectivity index (χ2v) is 11.6. The van der Waals surface area contributed by atoms with E-state index in [2.05, 4.69) is 10.6 Å². The molecule has 1 saturated heterocycles. The number of nitrogens with one attached hydrogen (secondary N) is 2. The zero-order chi connectivity index (χ0) is 32.5. The van der Waals surface area contributed by atoms with E-state index >= 15 is 4.39 Å². The Hall–Kier alpha value is -4.38. The van der Waals surface area contributed by atoms with Gasteiger partial charge in [-0.2, -0.15) is 0 Å². The third kappa shape index (κ3) is 6.88. The van der Waals surface area contributed by atoms with Crippen LogP contribution in [0.5, 0.6) is 5.75 Å². The maximum atomic E-state index is 15.2. The lowest BCUT2D eigenvalue weighted by Crippen LogP contribution is -2.60. The third-order valence-electron chi connectivity index (χ3n) is 6.96. The highest BCUT2D eigenvalue weighted by Crippen LogP contribution is 2.40. The molecule has 0 spiro atoms. The van der Waals surface area contributed by atoms with Gasteiger partial charge in [0, 0.05) is 25.2 Å². The molecule has 234 valence electrons. The molecule has 2 aromatic carbocycles. The second-order valence-electron chi connectivity index (χ2n) is 9.95. The predicted octanol–water partition coefficient (Wildman–Crippen LogP) is -0.0783. The first-order valence-electron chi connectivity index (χ1n) is 13.0. The Balaban J connectivity index is 1.68. The number of piperazine rings is 1. The maximum absolute atomic E-state index is 15.2. The van der Waals surface area contributed by atoms with Crippen molar-refractivity contribution in [1.82, 2.24) is 20.4 Å². The average Bonchev–Trinajstić information content (AvgIpc) is 2.94. The van der Waals surface area contributed by atoms with Crippen molar-refractivity contribution in [2.24, 2.45) is 0 Å². The summed E-state index contributed by atoms with van der Waals surface area (Å²) in [5.41, 5.74) is -1.32. The van der Waals surface area contributed by atoms with E-state index in [9.17, 15) is 52.8 Å². The van der Waals surface area contributed by atoms with Gasteiger partial charge in [-0.05, 0) is 42.7 Å². The van der Waals surface area contributed by atoms with Crippen LogP contribution in [0.3, 0.4) is 0 Å². The lowest BCUT2D eigenvalue weighted by Gasteiger charge is -2.33. The van der Waals surface area contributed by atoms with Crippen molar-refractivity contribution in [2.75, 3.05) is 19.6 Å². The zero-order valence-corrected chi connectivity index (χ0v) is 23.8. The molecule has 2 heterocycles. The number of carbonyl (C=O) groups excluding carboxylic acids is 4. The first-order chi connectivity index (χ1) is 20.6. The molecule has 0 unspecified atom stereocenters. The first-order valence-corrected chi connectivity index (χ1v) is 14.8. The molecule has 0 aliphatic carbocycles. The lowest BCUT2D eigenvalue weighted by atomic mass is 9.72. The summed E-state index contributed by atoms with van der Waals surface area (Å²) in [7, 11) is -6.65. The van der Waals surface area contributed by atoms with Gasteiger partial charge in [0.15, 0.2) is 11.6 Å². The minimum Gasteiger partial charge on any atom is -0.534 e. The second kappa shape index (κ2) is 12.7. The van der Waals surface area contributed by atoms with Crippen molar-refractivity contribution in [3.05, 3.63) is 64.2 Å². The van der Waals surface area contributed by atoms with Gasteiger partial charge in [-0.15, -0.1) is 0 Å². The van der Waals surface area contributed by atoms with Crippen molar-refractivity contribution in [3.8, 4) is 5.75 Å². The number of likely N-dealkylation sites (N-methyl/N-ethyl adjacent to an activating group) is 1. The highest BCUT2D eigenvalue weighted by atomic mass is 31.2. The highest BCUT2D eigenvalue weighted by Gasteiger charge is 2.41. The molecule has 4 rings (SSSR count). The lowest BCUT2D eigenvalue weighted by molar-refractivity contribution is -0.153. The number of rotatable bonds is 8. The summed E-state index contributed by atoms with van der Waals surface area (Å²) < 4.78 is 46.6. The fraction of sp³-hybridized carbons (Fsp3) is 0.320. The standard InChI is InChI=1S/C25H26BF2N4O11P/c1-2-31-6-7-32(23(35)22(31)34)25(38)30-19(15-8-12(11-44(40,41)42)9-16(27)18(15)28)21(33)29-17-10-13-4-3-5-14(24(36)37)20(13)43-26(17)39/h3-5,8-9,17,19,39H,2,6-7,10-11H2,1H3,(H,29,33)(H,30,38)(H,36,37)(H2,40,41,42)/t17-,19+/m0/s1. The molecule has 19 heteroatoms. The Morgan fingerprint density at radius 2 is 1.86 bits per heavy atom. The van der Waals surface area contributed by atoms with Crippen molar-refractivity contribution >= 4 is 44.4 Å². The minimum absolute atomic E-state index is 0.0462. The van der Waals surface area contributed by atoms with Crippen molar-refractivity contribution in [2.45, 2.75) is 31.5 Å². The normalized spacial score (nSPS) is 17.5. The van der Waals surface area contributed by atoms with E-state index in [0.29, 0.717) is 11.0 Å². The van der Waals surface area contributed by atoms with Crippen LogP contribution in [0.25, 0.3) is 0 Å². The van der Waals surface area contributed by atoms with Gasteiger partial charge >= 0.3 is 38.5 Å². The number of hydrogen-bond acceptors (Lipinski definition) is 8. The molecule has 5 amide bonds. The predicted molar refractivity (Wildman–Crippen MR) is 145 cm³/mol. The molecule has 0 radical (unpaired) electrons. The molecular weight excluding hydrogens is 612 g/mol. The van der Waals surface area contributed by atoms with Gasteiger partial charge < -0.3 is 40.1 Å². The van der Waals surface area contributed by atoms with Gasteiger partial charge in [0.2, 0.25) is 5.91 Å². The number of para-hydroxylation sites is 1. The van der Waals surface area contributed by atoms with Crippen LogP contribution < -0.4 is 15.3 Å². The highest BCUT2D eigenvalue weighted by molar-refractivity contribution is 7.50. The topological polar surface area (TPSA) is 223 Å². The number of halogens is 2. The minimum atomic E-state index is -4.81. The number of imide groups is 1. The Bertz CT molecular complexity index is 1590. The maximum Gasteiger partial charge on any atom is 0.547 e. The Morgan fingerprint density at radius 1 is 1.16 bits per heavy atom. The number of hydrogen-bond donors (Lipinski definition) is 6. The molecule has 1 fully saturated rings. The number of carboxylic acids is 1. The van der Waals surface area contributed by atoms with E-state index < -0.39 is 85.3 Å². The van der Waals surface area contributed by atoms with E-state index in [-0.39, 0.29) is 42.9 Å². The van der Waals surface area contributed by atoms with E-state index in [0.717, 1.165) is 11.0 Å². The largest absolute Gasteiger partial charge is 0.547 e. The molecule has 0 aromatic heterocycles. The summed E-state index contributed by atoms with van der Waals surface area (Å²) in [6.45, 7) is 1.43. The number of carboxylic acid groups (broad SMARTS) is 1. The Kier molecular flexibility index (Phi) is 9.39. The fourth-order valence-electron chi connectivity index (χ4n) is 4.85. The molecular formula is C25H26BF2N4O11P. The molecule has 0 bridgehead atoms. The van der Waals surface area contributed by atoms with Gasteiger partial charge in [0.05, 0.1) is 17.7 Å². The van der Waals surface area contributed by atoms with Crippen LogP contribution in [0.1, 0.15) is 40.0 Å². The van der Waals surface area contributed by atoms with Gasteiger partial charge in [-0.25, -0.2) is 18.4 Å². The van der Waals surface area contributed by atoms with Crippen LogP contribution in [-0.2, 0) is 31.5 Å². The summed E-state index contributed by atoms with van der Waals surface area (Å²) in [4.78, 5) is 83.4. The number of aromatic carboxylic acids is 1. The number of urea groups is 1.